The lowest BCUT2D eigenvalue weighted by Gasteiger charge is -2.33. The molecule has 25 heavy (non-hydrogen) atoms. The van der Waals surface area contributed by atoms with Gasteiger partial charge in [0.2, 0.25) is 5.91 Å². The summed E-state index contributed by atoms with van der Waals surface area (Å²) >= 11 is 0. The number of nitrogens with one attached hydrogen (secondary N) is 1. The molecule has 1 aromatic heterocycles. The van der Waals surface area contributed by atoms with Crippen molar-refractivity contribution in [3.05, 3.63) is 59.4 Å². The van der Waals surface area contributed by atoms with Gasteiger partial charge in [-0.1, -0.05) is 18.2 Å². The van der Waals surface area contributed by atoms with Crippen molar-refractivity contribution in [1.82, 2.24) is 14.8 Å². The van der Waals surface area contributed by atoms with Crippen molar-refractivity contribution in [2.24, 2.45) is 0 Å². The summed E-state index contributed by atoms with van der Waals surface area (Å²) in [6.45, 7) is 5.08. The summed E-state index contributed by atoms with van der Waals surface area (Å²) in [5.41, 5.74) is 3.00. The number of hydrogen-bond donors (Lipinski definition) is 1. The first kappa shape index (κ1) is 17.2. The second kappa shape index (κ2) is 8.00. The van der Waals surface area contributed by atoms with Crippen LogP contribution in [-0.4, -0.2) is 34.5 Å². The van der Waals surface area contributed by atoms with Crippen LogP contribution in [0.1, 0.15) is 36.6 Å². The number of hydrogen-bond acceptors (Lipinski definition) is 3. The number of carbonyl (C=O) groups excluding carboxylic acids is 1. The molecule has 5 heteroatoms. The number of carbonyl (C=O) groups is 1. The molecule has 0 saturated carbocycles. The summed E-state index contributed by atoms with van der Waals surface area (Å²) in [6, 6.07) is 14.4. The van der Waals surface area contributed by atoms with E-state index in [0.29, 0.717) is 6.54 Å². The third-order valence-corrected chi connectivity index (χ3v) is 4.70. The molecule has 1 atom stereocenters. The van der Waals surface area contributed by atoms with E-state index in [1.54, 1.807) is 6.92 Å². The Labute approximate surface area is 148 Å². The third-order valence-electron chi connectivity index (χ3n) is 4.70. The number of benzene rings is 1. The summed E-state index contributed by atoms with van der Waals surface area (Å²) in [7, 11) is 0. The van der Waals surface area contributed by atoms with Crippen molar-refractivity contribution in [1.29, 1.82) is 5.26 Å². The predicted molar refractivity (Wildman–Crippen MR) is 96.8 cm³/mol. The molecule has 1 saturated heterocycles. The average Bonchev–Trinajstić information content (AvgIpc) is 3.02. The molecule has 130 valence electrons. The van der Waals surface area contributed by atoms with E-state index < -0.39 is 0 Å². The van der Waals surface area contributed by atoms with Gasteiger partial charge in [-0.3, -0.25) is 9.69 Å². The molecule has 1 amide bonds. The fourth-order valence-corrected chi connectivity index (χ4v) is 3.53. The Balaban J connectivity index is 1.68. The van der Waals surface area contributed by atoms with Gasteiger partial charge in [-0.15, -0.1) is 0 Å². The van der Waals surface area contributed by atoms with Crippen molar-refractivity contribution in [2.45, 2.75) is 38.9 Å². The second-order valence-electron chi connectivity index (χ2n) is 6.67. The monoisotopic (exact) mass is 336 g/mol. The van der Waals surface area contributed by atoms with E-state index in [2.05, 4.69) is 39.2 Å². The Morgan fingerprint density at radius 2 is 2.12 bits per heavy atom. The van der Waals surface area contributed by atoms with Crippen LogP contribution in [0.25, 0.3) is 0 Å². The van der Waals surface area contributed by atoms with Gasteiger partial charge in [0.05, 0.1) is 11.6 Å². The first-order valence-corrected chi connectivity index (χ1v) is 8.77. The van der Waals surface area contributed by atoms with Crippen LogP contribution >= 0.6 is 0 Å². The number of nitrogens with zero attached hydrogens (tertiary/aromatic N) is 3. The van der Waals surface area contributed by atoms with E-state index >= 15 is 0 Å². The van der Waals surface area contributed by atoms with E-state index in [0.717, 1.165) is 43.6 Å². The van der Waals surface area contributed by atoms with Gasteiger partial charge < -0.3 is 9.88 Å². The molecular weight excluding hydrogens is 312 g/mol. The minimum Gasteiger partial charge on any atom is -0.352 e. The van der Waals surface area contributed by atoms with Crippen molar-refractivity contribution in [3.63, 3.8) is 0 Å². The Morgan fingerprint density at radius 3 is 2.92 bits per heavy atom. The molecule has 3 rings (SSSR count). The SMILES string of the molecule is CC(=O)N[C@H]1CCCN(Cc2cccn2Cc2ccccc2C#N)C1. The van der Waals surface area contributed by atoms with Gasteiger partial charge in [-0.2, -0.15) is 5.26 Å². The Kier molecular flexibility index (Phi) is 5.52. The molecule has 0 spiro atoms. The summed E-state index contributed by atoms with van der Waals surface area (Å²) < 4.78 is 2.21. The Bertz CT molecular complexity index is 774. The van der Waals surface area contributed by atoms with E-state index in [1.165, 1.54) is 5.69 Å². The van der Waals surface area contributed by atoms with Crippen molar-refractivity contribution >= 4 is 5.91 Å². The second-order valence-corrected chi connectivity index (χ2v) is 6.67. The highest BCUT2D eigenvalue weighted by Gasteiger charge is 2.21. The maximum Gasteiger partial charge on any atom is 0.217 e. The molecule has 1 fully saturated rings. The summed E-state index contributed by atoms with van der Waals surface area (Å²) in [6.07, 6.45) is 4.22. The number of likely N-dealkylation sites (tertiary alicyclic amines) is 1. The van der Waals surface area contributed by atoms with Crippen LogP contribution in [0.15, 0.2) is 42.6 Å². The average molecular weight is 336 g/mol. The highest BCUT2D eigenvalue weighted by molar-refractivity contribution is 5.73. The lowest BCUT2D eigenvalue weighted by atomic mass is 10.1. The number of aromatic nitrogens is 1. The van der Waals surface area contributed by atoms with Gasteiger partial charge >= 0.3 is 0 Å². The zero-order valence-corrected chi connectivity index (χ0v) is 14.6. The molecule has 0 radical (unpaired) electrons. The summed E-state index contributed by atoms with van der Waals surface area (Å²) in [4.78, 5) is 13.7. The van der Waals surface area contributed by atoms with E-state index in [-0.39, 0.29) is 11.9 Å². The molecule has 0 unspecified atom stereocenters. The van der Waals surface area contributed by atoms with Crippen LogP contribution < -0.4 is 5.32 Å². The smallest absolute Gasteiger partial charge is 0.217 e. The van der Waals surface area contributed by atoms with E-state index in [4.69, 9.17) is 0 Å². The predicted octanol–water partition coefficient (Wildman–Crippen LogP) is 2.51. The summed E-state index contributed by atoms with van der Waals surface area (Å²) in [5.74, 6) is 0.0448. The number of rotatable bonds is 5. The molecule has 0 aliphatic carbocycles. The topological polar surface area (TPSA) is 61.1 Å². The minimum atomic E-state index is 0.0448. The number of nitriles is 1. The quantitative estimate of drug-likeness (QED) is 0.912. The van der Waals surface area contributed by atoms with Crippen molar-refractivity contribution < 1.29 is 4.79 Å². The first-order valence-electron chi connectivity index (χ1n) is 8.77. The third kappa shape index (κ3) is 4.49. The van der Waals surface area contributed by atoms with Gasteiger partial charge in [0.1, 0.15) is 0 Å². The molecule has 1 aromatic carbocycles. The molecule has 0 bridgehead atoms. The highest BCUT2D eigenvalue weighted by atomic mass is 16.1. The lowest BCUT2D eigenvalue weighted by molar-refractivity contribution is -0.120. The van der Waals surface area contributed by atoms with Crippen LogP contribution in [0, 0.1) is 11.3 Å². The van der Waals surface area contributed by atoms with Gasteiger partial charge in [0.25, 0.3) is 0 Å². The minimum absolute atomic E-state index is 0.0448. The molecule has 1 N–H and O–H groups in total. The maximum absolute atomic E-state index is 11.3. The van der Waals surface area contributed by atoms with Crippen LogP contribution in [0.4, 0.5) is 0 Å². The van der Waals surface area contributed by atoms with Gasteiger partial charge in [-0.05, 0) is 43.1 Å². The van der Waals surface area contributed by atoms with Crippen LogP contribution in [0.2, 0.25) is 0 Å². The lowest BCUT2D eigenvalue weighted by Crippen LogP contribution is -2.46. The largest absolute Gasteiger partial charge is 0.352 e. The zero-order valence-electron chi connectivity index (χ0n) is 14.6. The molecule has 2 heterocycles. The maximum atomic E-state index is 11.3. The van der Waals surface area contributed by atoms with Crippen molar-refractivity contribution in [2.75, 3.05) is 13.1 Å². The standard InChI is InChI=1S/C20H24N4O/c1-16(25)22-19-8-4-10-23(14-19)15-20-9-5-11-24(20)13-18-7-3-2-6-17(18)12-21/h2-3,5-7,9,11,19H,4,8,10,13-15H2,1H3,(H,22,25)/t19-/m0/s1. The zero-order chi connectivity index (χ0) is 17.6. The number of piperidine rings is 1. The van der Waals surface area contributed by atoms with Crippen molar-refractivity contribution in [3.8, 4) is 6.07 Å². The van der Waals surface area contributed by atoms with Gasteiger partial charge in [0, 0.05) is 44.5 Å². The molecular formula is C20H24N4O. The molecule has 5 nitrogen and oxygen atoms in total. The fraction of sp³-hybridized carbons (Fsp3) is 0.400. The fourth-order valence-electron chi connectivity index (χ4n) is 3.53. The Morgan fingerprint density at radius 1 is 1.28 bits per heavy atom. The highest BCUT2D eigenvalue weighted by Crippen LogP contribution is 2.17. The molecule has 2 aromatic rings. The number of amides is 1. The molecule has 1 aliphatic heterocycles. The normalized spacial score (nSPS) is 17.8. The van der Waals surface area contributed by atoms with E-state index in [1.807, 2.05) is 24.3 Å². The first-order chi connectivity index (χ1) is 12.2. The Hall–Kier alpha value is -2.58. The molecule has 1 aliphatic rings. The van der Waals surface area contributed by atoms with Crippen LogP contribution in [0.3, 0.4) is 0 Å². The van der Waals surface area contributed by atoms with Crippen LogP contribution in [0.5, 0.6) is 0 Å². The van der Waals surface area contributed by atoms with Crippen LogP contribution in [-0.2, 0) is 17.9 Å². The van der Waals surface area contributed by atoms with Gasteiger partial charge in [0.15, 0.2) is 0 Å². The van der Waals surface area contributed by atoms with E-state index in [9.17, 15) is 10.1 Å². The summed E-state index contributed by atoms with van der Waals surface area (Å²) in [5, 5.41) is 12.3. The van der Waals surface area contributed by atoms with Gasteiger partial charge in [-0.25, -0.2) is 0 Å².